The summed E-state index contributed by atoms with van der Waals surface area (Å²) in [5.74, 6) is 0.467. The number of nitrogens with zero attached hydrogens (tertiary/aromatic N) is 1. The lowest BCUT2D eigenvalue weighted by atomic mass is 10.2. The van der Waals surface area contributed by atoms with Gasteiger partial charge >= 0.3 is 0 Å². The highest BCUT2D eigenvalue weighted by Crippen LogP contribution is 2.31. The van der Waals surface area contributed by atoms with E-state index in [1.165, 1.54) is 0 Å². The number of hydrogen-bond acceptors (Lipinski definition) is 4. The average molecular weight is 387 g/mol. The molecule has 1 amide bonds. The Bertz CT molecular complexity index is 676. The molecule has 4 nitrogen and oxygen atoms in total. The zero-order valence-electron chi connectivity index (χ0n) is 13.5. The van der Waals surface area contributed by atoms with Crippen LogP contribution < -0.4 is 10.1 Å². The molecule has 0 aliphatic heterocycles. The lowest BCUT2D eigenvalue weighted by Gasteiger charge is -2.09. The minimum Gasteiger partial charge on any atom is -0.491 e. The predicted octanol–water partition coefficient (Wildman–Crippen LogP) is 4.67. The highest BCUT2D eigenvalue weighted by molar-refractivity contribution is 7.09. The van der Waals surface area contributed by atoms with Crippen molar-refractivity contribution in [3.63, 3.8) is 0 Å². The van der Waals surface area contributed by atoms with Gasteiger partial charge in [0.2, 0.25) is 5.91 Å². The standard InChI is InChI=1S/C17H20Cl2N2O2S/c1-12-11-24-16(21-12)7-2-3-9-20-15(22)8-10-23-14-6-4-5-13(18)17(14)19/h4-6,11H,2-3,7-10H2,1H3,(H,20,22). The first kappa shape index (κ1) is 19.0. The highest BCUT2D eigenvalue weighted by Gasteiger charge is 2.07. The molecule has 0 atom stereocenters. The molecule has 0 unspecified atom stereocenters. The number of carbonyl (C=O) groups is 1. The summed E-state index contributed by atoms with van der Waals surface area (Å²) in [5, 5.41) is 6.92. The van der Waals surface area contributed by atoms with Gasteiger partial charge in [-0.3, -0.25) is 4.79 Å². The van der Waals surface area contributed by atoms with Crippen molar-refractivity contribution in [1.29, 1.82) is 0 Å². The third-order valence-electron chi connectivity index (χ3n) is 3.31. The van der Waals surface area contributed by atoms with Crippen molar-refractivity contribution >= 4 is 40.4 Å². The molecule has 1 N–H and O–H groups in total. The summed E-state index contributed by atoms with van der Waals surface area (Å²) in [6, 6.07) is 5.18. The molecule has 130 valence electrons. The third kappa shape index (κ3) is 6.30. The molecule has 0 aliphatic rings. The molecule has 0 radical (unpaired) electrons. The fourth-order valence-corrected chi connectivity index (χ4v) is 3.25. The number of nitrogens with one attached hydrogen (secondary N) is 1. The quantitative estimate of drug-likeness (QED) is 0.637. The van der Waals surface area contributed by atoms with Crippen LogP contribution >= 0.6 is 34.5 Å². The van der Waals surface area contributed by atoms with E-state index < -0.39 is 0 Å². The van der Waals surface area contributed by atoms with Crippen molar-refractivity contribution in [1.82, 2.24) is 10.3 Å². The molecule has 0 saturated carbocycles. The minimum atomic E-state index is -0.0294. The van der Waals surface area contributed by atoms with Crippen LogP contribution in [0.4, 0.5) is 0 Å². The maximum absolute atomic E-state index is 11.8. The van der Waals surface area contributed by atoms with E-state index >= 15 is 0 Å². The molecule has 0 aliphatic carbocycles. The highest BCUT2D eigenvalue weighted by atomic mass is 35.5. The summed E-state index contributed by atoms with van der Waals surface area (Å²) >= 11 is 13.6. The van der Waals surface area contributed by atoms with Crippen LogP contribution in [0.1, 0.15) is 30.0 Å². The van der Waals surface area contributed by atoms with Gasteiger partial charge in [0.1, 0.15) is 10.8 Å². The fourth-order valence-electron chi connectivity index (χ4n) is 2.08. The second-order valence-corrected chi connectivity index (χ2v) is 7.07. The van der Waals surface area contributed by atoms with Gasteiger partial charge in [-0.25, -0.2) is 4.98 Å². The number of rotatable bonds is 9. The van der Waals surface area contributed by atoms with Crippen molar-refractivity contribution < 1.29 is 9.53 Å². The van der Waals surface area contributed by atoms with Gasteiger partial charge in [0.05, 0.1) is 23.1 Å². The first-order valence-electron chi connectivity index (χ1n) is 7.81. The molecule has 1 aromatic heterocycles. The van der Waals surface area contributed by atoms with Crippen molar-refractivity contribution in [2.45, 2.75) is 32.6 Å². The molecule has 0 spiro atoms. The topological polar surface area (TPSA) is 51.2 Å². The van der Waals surface area contributed by atoms with E-state index in [1.54, 1.807) is 29.5 Å². The number of halogens is 2. The lowest BCUT2D eigenvalue weighted by Crippen LogP contribution is -2.26. The van der Waals surface area contributed by atoms with Crippen LogP contribution in [0.2, 0.25) is 10.0 Å². The molecule has 2 rings (SSSR count). The van der Waals surface area contributed by atoms with Crippen LogP contribution in [0.5, 0.6) is 5.75 Å². The van der Waals surface area contributed by atoms with Gasteiger partial charge in [0.15, 0.2) is 0 Å². The van der Waals surface area contributed by atoms with Gasteiger partial charge in [0.25, 0.3) is 0 Å². The molecule has 1 aromatic carbocycles. The van der Waals surface area contributed by atoms with E-state index in [4.69, 9.17) is 27.9 Å². The first-order chi connectivity index (χ1) is 11.6. The van der Waals surface area contributed by atoms with Crippen LogP contribution in [0.25, 0.3) is 0 Å². The Morgan fingerprint density at radius 1 is 1.33 bits per heavy atom. The average Bonchev–Trinajstić information content (AvgIpc) is 2.96. The second kappa shape index (κ2) is 9.87. The Morgan fingerprint density at radius 2 is 2.17 bits per heavy atom. The molecule has 0 bridgehead atoms. The van der Waals surface area contributed by atoms with Gasteiger partial charge < -0.3 is 10.1 Å². The van der Waals surface area contributed by atoms with Gasteiger partial charge in [-0.1, -0.05) is 29.3 Å². The van der Waals surface area contributed by atoms with Gasteiger partial charge in [-0.2, -0.15) is 0 Å². The summed E-state index contributed by atoms with van der Waals surface area (Å²) in [5.41, 5.74) is 1.07. The molecular formula is C17H20Cl2N2O2S. The summed E-state index contributed by atoms with van der Waals surface area (Å²) in [6.07, 6.45) is 3.20. The lowest BCUT2D eigenvalue weighted by molar-refractivity contribution is -0.121. The van der Waals surface area contributed by atoms with Crippen molar-refractivity contribution in [2.24, 2.45) is 0 Å². The molecule has 0 saturated heterocycles. The van der Waals surface area contributed by atoms with Crippen LogP contribution in [0.3, 0.4) is 0 Å². The molecule has 2 aromatic rings. The SMILES string of the molecule is Cc1csc(CCCCNC(=O)CCOc2cccc(Cl)c2Cl)n1. The fraction of sp³-hybridized carbons (Fsp3) is 0.412. The van der Waals surface area contributed by atoms with Crippen molar-refractivity contribution in [3.8, 4) is 5.75 Å². The van der Waals surface area contributed by atoms with E-state index in [-0.39, 0.29) is 18.9 Å². The van der Waals surface area contributed by atoms with Gasteiger partial charge in [-0.05, 0) is 38.3 Å². The number of carbonyl (C=O) groups excluding carboxylic acids is 1. The monoisotopic (exact) mass is 386 g/mol. The number of aryl methyl sites for hydroxylation is 2. The minimum absolute atomic E-state index is 0.0294. The number of unbranched alkanes of at least 4 members (excludes halogenated alkanes) is 1. The smallest absolute Gasteiger partial charge is 0.223 e. The molecule has 0 fully saturated rings. The summed E-state index contributed by atoms with van der Waals surface area (Å²) in [6.45, 7) is 2.93. The Kier molecular flexibility index (Phi) is 7.82. The number of thiazole rings is 1. The Labute approximate surface area is 156 Å². The number of amides is 1. The normalized spacial score (nSPS) is 10.6. The van der Waals surface area contributed by atoms with Gasteiger partial charge in [-0.15, -0.1) is 11.3 Å². The zero-order chi connectivity index (χ0) is 17.4. The largest absolute Gasteiger partial charge is 0.491 e. The maximum atomic E-state index is 11.8. The molecular weight excluding hydrogens is 367 g/mol. The van der Waals surface area contributed by atoms with Gasteiger partial charge in [0, 0.05) is 17.6 Å². The Hall–Kier alpha value is -1.30. The van der Waals surface area contributed by atoms with E-state index in [2.05, 4.69) is 15.7 Å². The van der Waals surface area contributed by atoms with E-state index in [9.17, 15) is 4.79 Å². The second-order valence-electron chi connectivity index (χ2n) is 5.34. The number of benzene rings is 1. The predicted molar refractivity (Wildman–Crippen MR) is 99.4 cm³/mol. The van der Waals surface area contributed by atoms with E-state index in [0.717, 1.165) is 30.0 Å². The van der Waals surface area contributed by atoms with E-state index in [0.29, 0.717) is 22.3 Å². The Balaban J connectivity index is 1.56. The van der Waals surface area contributed by atoms with Crippen LogP contribution in [-0.2, 0) is 11.2 Å². The van der Waals surface area contributed by atoms with Crippen molar-refractivity contribution in [3.05, 3.63) is 44.3 Å². The summed E-state index contributed by atoms with van der Waals surface area (Å²) in [7, 11) is 0. The van der Waals surface area contributed by atoms with Crippen LogP contribution in [0.15, 0.2) is 23.6 Å². The number of aromatic nitrogens is 1. The molecule has 7 heteroatoms. The molecule has 24 heavy (non-hydrogen) atoms. The number of ether oxygens (including phenoxy) is 1. The Morgan fingerprint density at radius 3 is 2.92 bits per heavy atom. The maximum Gasteiger partial charge on any atom is 0.223 e. The van der Waals surface area contributed by atoms with Crippen molar-refractivity contribution in [2.75, 3.05) is 13.2 Å². The number of hydrogen-bond donors (Lipinski definition) is 1. The van der Waals surface area contributed by atoms with Crippen LogP contribution in [-0.4, -0.2) is 24.0 Å². The summed E-state index contributed by atoms with van der Waals surface area (Å²) < 4.78 is 5.49. The zero-order valence-corrected chi connectivity index (χ0v) is 15.8. The third-order valence-corrected chi connectivity index (χ3v) is 5.14. The first-order valence-corrected chi connectivity index (χ1v) is 9.44. The summed E-state index contributed by atoms with van der Waals surface area (Å²) in [4.78, 5) is 16.2. The molecule has 1 heterocycles. The van der Waals surface area contributed by atoms with E-state index in [1.807, 2.05) is 6.92 Å². The van der Waals surface area contributed by atoms with Crippen LogP contribution in [0, 0.1) is 6.92 Å².